The third-order valence-electron chi connectivity index (χ3n) is 3.52. The molecule has 0 amide bonds. The number of pyridine rings is 1. The third kappa shape index (κ3) is 2.63. The van der Waals surface area contributed by atoms with E-state index in [0.29, 0.717) is 0 Å². The van der Waals surface area contributed by atoms with Gasteiger partial charge in [0.2, 0.25) is 5.52 Å². The summed E-state index contributed by atoms with van der Waals surface area (Å²) in [5, 5.41) is 1.14. The highest BCUT2D eigenvalue weighted by molar-refractivity contribution is 6.10. The van der Waals surface area contributed by atoms with Gasteiger partial charge in [0, 0.05) is 42.2 Å². The monoisotopic (exact) mass is 278 g/mol. The molecule has 3 nitrogen and oxygen atoms in total. The van der Waals surface area contributed by atoms with Crippen molar-refractivity contribution in [2.45, 2.75) is 0 Å². The number of aryl methyl sites for hydroxylation is 1. The Bertz CT molecular complexity index is 768. The number of hydrogen-bond donors (Lipinski definition) is 1. The van der Waals surface area contributed by atoms with Gasteiger partial charge in [-0.15, -0.1) is 0 Å². The predicted octanol–water partition coefficient (Wildman–Crippen LogP) is 2.95. The molecule has 2 rings (SSSR count). The maximum Gasteiger partial charge on any atom is 0.213 e. The van der Waals surface area contributed by atoms with Gasteiger partial charge in [0.15, 0.2) is 6.20 Å². The highest BCUT2D eigenvalue weighted by Crippen LogP contribution is 2.24. The first-order valence-electron chi connectivity index (χ1n) is 6.72. The Kier molecular flexibility index (Phi) is 4.33. The summed E-state index contributed by atoms with van der Waals surface area (Å²) in [6, 6.07) is 6.24. The zero-order valence-electron chi connectivity index (χ0n) is 12.5. The number of fused-ring (bicyclic) bond motifs is 1. The second-order valence-corrected chi connectivity index (χ2v) is 4.76. The molecule has 2 N–H and O–H groups in total. The number of nitrogens with zero attached hydrogens (tertiary/aromatic N) is 2. The first-order chi connectivity index (χ1) is 10.2. The number of aromatic nitrogens is 1. The topological polar surface area (TPSA) is 42.3 Å². The van der Waals surface area contributed by atoms with E-state index in [9.17, 15) is 0 Å². The van der Waals surface area contributed by atoms with Crippen LogP contribution in [-0.4, -0.2) is 13.3 Å². The van der Waals surface area contributed by atoms with Crippen molar-refractivity contribution in [3.8, 4) is 0 Å². The summed E-state index contributed by atoms with van der Waals surface area (Å²) in [7, 11) is 3.75. The zero-order valence-corrected chi connectivity index (χ0v) is 12.5. The lowest BCUT2D eigenvalue weighted by Crippen LogP contribution is -2.29. The lowest BCUT2D eigenvalue weighted by Gasteiger charge is -2.07. The predicted molar refractivity (Wildman–Crippen MR) is 91.9 cm³/mol. The fraction of sp³-hybridized carbons (Fsp3) is 0.111. The molecule has 0 saturated heterocycles. The van der Waals surface area contributed by atoms with Gasteiger partial charge in [0.05, 0.1) is 5.39 Å². The zero-order chi connectivity index (χ0) is 15.4. The van der Waals surface area contributed by atoms with Crippen molar-refractivity contribution in [1.82, 2.24) is 0 Å². The maximum absolute atomic E-state index is 5.69. The van der Waals surface area contributed by atoms with Crippen LogP contribution in [0.5, 0.6) is 0 Å². The molecule has 0 bridgehead atoms. The van der Waals surface area contributed by atoms with E-state index in [2.05, 4.69) is 41.0 Å². The number of benzene rings is 1. The van der Waals surface area contributed by atoms with Crippen LogP contribution in [0.1, 0.15) is 16.7 Å². The van der Waals surface area contributed by atoms with Crippen LogP contribution in [0.15, 0.2) is 48.7 Å². The summed E-state index contributed by atoms with van der Waals surface area (Å²) >= 11 is 0. The fourth-order valence-electron chi connectivity index (χ4n) is 2.48. The van der Waals surface area contributed by atoms with Gasteiger partial charge in [-0.05, 0) is 11.6 Å². The molecule has 1 heterocycles. The standard InChI is InChI=1S/C18H19N3/c1-5-13-12-21(4)18-9-14(15(10-19)11-20-3)7-8-17(18)16(13)6-2/h5-12,19H,1-2H2,3-4H3/p+1. The van der Waals surface area contributed by atoms with Gasteiger partial charge < -0.3 is 5.73 Å². The van der Waals surface area contributed by atoms with Crippen LogP contribution in [0.2, 0.25) is 0 Å². The van der Waals surface area contributed by atoms with Crippen molar-refractivity contribution in [3.63, 3.8) is 0 Å². The van der Waals surface area contributed by atoms with Crippen molar-refractivity contribution in [2.24, 2.45) is 17.8 Å². The minimum atomic E-state index is 0.896. The summed E-state index contributed by atoms with van der Waals surface area (Å²) in [6.07, 6.45) is 9.09. The van der Waals surface area contributed by atoms with Crippen LogP contribution in [0, 0.1) is 0 Å². The Balaban J connectivity index is 2.78. The van der Waals surface area contributed by atoms with Crippen molar-refractivity contribution in [3.05, 3.63) is 60.4 Å². The molecule has 21 heavy (non-hydrogen) atoms. The van der Waals surface area contributed by atoms with Crippen molar-refractivity contribution in [1.29, 1.82) is 0 Å². The van der Waals surface area contributed by atoms with Crippen LogP contribution in [-0.2, 0) is 7.05 Å². The van der Waals surface area contributed by atoms with E-state index >= 15 is 0 Å². The highest BCUT2D eigenvalue weighted by Gasteiger charge is 2.13. The Morgan fingerprint density at radius 2 is 2.05 bits per heavy atom. The van der Waals surface area contributed by atoms with Crippen LogP contribution in [0.3, 0.4) is 0 Å². The van der Waals surface area contributed by atoms with Gasteiger partial charge >= 0.3 is 0 Å². The molecule has 0 atom stereocenters. The van der Waals surface area contributed by atoms with Crippen LogP contribution >= 0.6 is 0 Å². The van der Waals surface area contributed by atoms with Crippen LogP contribution in [0.25, 0.3) is 28.6 Å². The Morgan fingerprint density at radius 1 is 1.29 bits per heavy atom. The summed E-state index contributed by atoms with van der Waals surface area (Å²) in [4.78, 5) is 4.04. The molecule has 3 heteroatoms. The molecule has 0 spiro atoms. The molecule has 0 saturated carbocycles. The average Bonchev–Trinajstić information content (AvgIpc) is 2.52. The van der Waals surface area contributed by atoms with Crippen molar-refractivity contribution in [2.75, 3.05) is 7.05 Å². The molecular formula is C18H20N3+. The fourth-order valence-corrected chi connectivity index (χ4v) is 2.48. The quantitative estimate of drug-likeness (QED) is 0.678. The third-order valence-corrected chi connectivity index (χ3v) is 3.52. The molecule has 0 fully saturated rings. The maximum atomic E-state index is 5.69. The molecular weight excluding hydrogens is 258 g/mol. The summed E-state index contributed by atoms with van der Waals surface area (Å²) in [5.74, 6) is 0. The summed E-state index contributed by atoms with van der Waals surface area (Å²) < 4.78 is 2.08. The molecule has 0 aliphatic carbocycles. The summed E-state index contributed by atoms with van der Waals surface area (Å²) in [6.45, 7) is 7.78. The SMILES string of the molecule is C=Cc1c[n+](C)c2cc(/C(C=NC)=C/N)ccc2c1C=C. The van der Waals surface area contributed by atoms with Crippen LogP contribution in [0.4, 0.5) is 0 Å². The van der Waals surface area contributed by atoms with Crippen LogP contribution < -0.4 is 10.3 Å². The molecule has 1 aromatic heterocycles. The molecule has 1 aromatic carbocycles. The molecule has 0 aliphatic heterocycles. The number of rotatable bonds is 4. The molecule has 2 aromatic rings. The lowest BCUT2D eigenvalue weighted by molar-refractivity contribution is -0.645. The van der Waals surface area contributed by atoms with E-state index in [-0.39, 0.29) is 0 Å². The van der Waals surface area contributed by atoms with E-state index < -0.39 is 0 Å². The molecule has 106 valence electrons. The van der Waals surface area contributed by atoms with Gasteiger partial charge in [0.25, 0.3) is 0 Å². The number of aliphatic imine (C=N–C) groups is 1. The lowest BCUT2D eigenvalue weighted by atomic mass is 9.99. The normalized spacial score (nSPS) is 12.0. The first kappa shape index (κ1) is 14.7. The highest BCUT2D eigenvalue weighted by atomic mass is 14.9. The van der Waals surface area contributed by atoms with Gasteiger partial charge in [-0.25, -0.2) is 4.57 Å². The minimum Gasteiger partial charge on any atom is -0.404 e. The van der Waals surface area contributed by atoms with Crippen molar-refractivity contribution >= 4 is 34.8 Å². The molecule has 0 radical (unpaired) electrons. The number of allylic oxidation sites excluding steroid dienone is 1. The summed E-state index contributed by atoms with van der Waals surface area (Å²) in [5.41, 5.74) is 10.9. The first-order valence-corrected chi connectivity index (χ1v) is 6.72. The largest absolute Gasteiger partial charge is 0.404 e. The second kappa shape index (κ2) is 6.18. The van der Waals surface area contributed by atoms with E-state index in [1.165, 1.54) is 0 Å². The molecule has 0 unspecified atom stereocenters. The van der Waals surface area contributed by atoms with E-state index in [0.717, 1.165) is 33.2 Å². The van der Waals surface area contributed by atoms with Crippen molar-refractivity contribution < 1.29 is 4.57 Å². The minimum absolute atomic E-state index is 0.896. The molecule has 0 aliphatic rings. The average molecular weight is 278 g/mol. The van der Waals surface area contributed by atoms with E-state index in [1.807, 2.05) is 25.3 Å². The number of nitrogens with two attached hydrogens (primary N) is 1. The Hall–Kier alpha value is -2.68. The van der Waals surface area contributed by atoms with Gasteiger partial charge in [-0.2, -0.15) is 0 Å². The second-order valence-electron chi connectivity index (χ2n) is 4.76. The van der Waals surface area contributed by atoms with Gasteiger partial charge in [0.1, 0.15) is 7.05 Å². The van der Waals surface area contributed by atoms with Gasteiger partial charge in [-0.1, -0.05) is 31.4 Å². The van der Waals surface area contributed by atoms with E-state index in [4.69, 9.17) is 5.73 Å². The Labute approximate surface area is 125 Å². The number of hydrogen-bond acceptors (Lipinski definition) is 2. The van der Waals surface area contributed by atoms with Gasteiger partial charge in [-0.3, -0.25) is 4.99 Å². The Morgan fingerprint density at radius 3 is 2.62 bits per heavy atom. The smallest absolute Gasteiger partial charge is 0.213 e. The van der Waals surface area contributed by atoms with E-state index in [1.54, 1.807) is 19.5 Å².